The third-order valence-corrected chi connectivity index (χ3v) is 2.95. The second kappa shape index (κ2) is 5.86. The van der Waals surface area contributed by atoms with Crippen molar-refractivity contribution >= 4 is 11.7 Å². The van der Waals surface area contributed by atoms with Crippen molar-refractivity contribution in [3.8, 4) is 0 Å². The summed E-state index contributed by atoms with van der Waals surface area (Å²) in [5.41, 5.74) is 6.94. The van der Waals surface area contributed by atoms with E-state index in [-0.39, 0.29) is 17.8 Å². The van der Waals surface area contributed by atoms with Crippen LogP contribution in [0, 0.1) is 6.92 Å². The lowest BCUT2D eigenvalue weighted by molar-refractivity contribution is 0.0679. The molecule has 1 aromatic rings. The van der Waals surface area contributed by atoms with Crippen LogP contribution >= 0.6 is 0 Å². The summed E-state index contributed by atoms with van der Waals surface area (Å²) in [5.74, 6) is 0.212. The zero-order valence-corrected chi connectivity index (χ0v) is 11.8. The van der Waals surface area contributed by atoms with Gasteiger partial charge in [-0.15, -0.1) is 0 Å². The second-order valence-electron chi connectivity index (χ2n) is 4.81. The van der Waals surface area contributed by atoms with Gasteiger partial charge in [-0.25, -0.2) is 0 Å². The number of anilines is 1. The first kappa shape index (κ1) is 14.5. The van der Waals surface area contributed by atoms with Gasteiger partial charge in [-0.1, -0.05) is 0 Å². The number of rotatable bonds is 5. The molecular weight excluding hydrogens is 230 g/mol. The van der Waals surface area contributed by atoms with Gasteiger partial charge in [0.1, 0.15) is 5.56 Å². The molecule has 1 rings (SSSR count). The van der Waals surface area contributed by atoms with Crippen LogP contribution in [-0.4, -0.2) is 59.1 Å². The molecule has 0 aliphatic heterocycles. The SMILES string of the molecule is CCN(C(=O)c1c(N)n[nH]c1C)C(C)CN(C)C. The number of amides is 1. The number of hydrogen-bond acceptors (Lipinski definition) is 4. The molecule has 1 aromatic heterocycles. The van der Waals surface area contributed by atoms with Crippen LogP contribution in [0.2, 0.25) is 0 Å². The molecule has 1 heterocycles. The largest absolute Gasteiger partial charge is 0.382 e. The van der Waals surface area contributed by atoms with Crippen LogP contribution in [-0.2, 0) is 0 Å². The van der Waals surface area contributed by atoms with E-state index in [1.807, 2.05) is 32.8 Å². The first-order chi connectivity index (χ1) is 8.38. The lowest BCUT2D eigenvalue weighted by Crippen LogP contribution is -2.44. The van der Waals surface area contributed by atoms with Gasteiger partial charge in [-0.2, -0.15) is 5.10 Å². The van der Waals surface area contributed by atoms with Crippen LogP contribution in [0.3, 0.4) is 0 Å². The molecule has 3 N–H and O–H groups in total. The fourth-order valence-corrected chi connectivity index (χ4v) is 2.14. The normalized spacial score (nSPS) is 12.8. The summed E-state index contributed by atoms with van der Waals surface area (Å²) < 4.78 is 0. The van der Waals surface area contributed by atoms with Gasteiger partial charge >= 0.3 is 0 Å². The van der Waals surface area contributed by atoms with Crippen molar-refractivity contribution in [1.29, 1.82) is 0 Å². The maximum atomic E-state index is 12.5. The van der Waals surface area contributed by atoms with Crippen molar-refractivity contribution in [3.05, 3.63) is 11.3 Å². The van der Waals surface area contributed by atoms with E-state index in [4.69, 9.17) is 5.73 Å². The van der Waals surface area contributed by atoms with Crippen molar-refractivity contribution in [2.45, 2.75) is 26.8 Å². The predicted molar refractivity (Wildman–Crippen MR) is 72.5 cm³/mol. The highest BCUT2D eigenvalue weighted by atomic mass is 16.2. The molecular formula is C12H23N5O. The Morgan fingerprint density at radius 1 is 1.50 bits per heavy atom. The maximum Gasteiger partial charge on any atom is 0.259 e. The number of H-pyrrole nitrogens is 1. The van der Waals surface area contributed by atoms with Crippen molar-refractivity contribution in [2.75, 3.05) is 32.9 Å². The van der Waals surface area contributed by atoms with Crippen LogP contribution in [0.25, 0.3) is 0 Å². The van der Waals surface area contributed by atoms with E-state index in [0.29, 0.717) is 17.8 Å². The number of hydrogen-bond donors (Lipinski definition) is 2. The molecule has 6 heteroatoms. The molecule has 1 unspecified atom stereocenters. The average Bonchev–Trinajstić information content (AvgIpc) is 2.58. The van der Waals surface area contributed by atoms with Crippen LogP contribution in [0.4, 0.5) is 5.82 Å². The van der Waals surface area contributed by atoms with Gasteiger partial charge < -0.3 is 15.5 Å². The topological polar surface area (TPSA) is 78.2 Å². The van der Waals surface area contributed by atoms with E-state index in [1.165, 1.54) is 0 Å². The second-order valence-corrected chi connectivity index (χ2v) is 4.81. The van der Waals surface area contributed by atoms with Crippen LogP contribution in [0.15, 0.2) is 0 Å². The number of aromatic nitrogens is 2. The Bertz CT molecular complexity index is 393. The highest BCUT2D eigenvalue weighted by molar-refractivity contribution is 5.99. The standard InChI is InChI=1S/C12H23N5O/c1-6-17(8(2)7-16(4)5)12(18)10-9(3)14-15-11(10)13/h8H,6-7H2,1-5H3,(H3,13,14,15). The molecule has 0 saturated carbocycles. The van der Waals surface area contributed by atoms with Crippen molar-refractivity contribution in [3.63, 3.8) is 0 Å². The summed E-state index contributed by atoms with van der Waals surface area (Å²) in [6.07, 6.45) is 0. The van der Waals surface area contributed by atoms with Gasteiger partial charge in [0.05, 0.1) is 0 Å². The lowest BCUT2D eigenvalue weighted by atomic mass is 10.1. The van der Waals surface area contributed by atoms with Crippen molar-refractivity contribution < 1.29 is 4.79 Å². The van der Waals surface area contributed by atoms with E-state index in [0.717, 1.165) is 6.54 Å². The summed E-state index contributed by atoms with van der Waals surface area (Å²) in [4.78, 5) is 16.3. The summed E-state index contributed by atoms with van der Waals surface area (Å²) in [6, 6.07) is 0.131. The molecule has 102 valence electrons. The Balaban J connectivity index is 2.92. The minimum atomic E-state index is -0.0596. The Kier molecular flexibility index (Phi) is 4.72. The fraction of sp³-hybridized carbons (Fsp3) is 0.667. The van der Waals surface area contributed by atoms with Gasteiger partial charge in [0.25, 0.3) is 5.91 Å². The molecule has 0 aromatic carbocycles. The number of aryl methyl sites for hydroxylation is 1. The highest BCUT2D eigenvalue weighted by Crippen LogP contribution is 2.17. The Morgan fingerprint density at radius 3 is 2.50 bits per heavy atom. The molecule has 0 aliphatic carbocycles. The highest BCUT2D eigenvalue weighted by Gasteiger charge is 2.25. The quantitative estimate of drug-likeness (QED) is 0.810. The molecule has 18 heavy (non-hydrogen) atoms. The molecule has 0 bridgehead atoms. The molecule has 1 amide bonds. The van der Waals surface area contributed by atoms with Crippen LogP contribution in [0.1, 0.15) is 29.9 Å². The van der Waals surface area contributed by atoms with Gasteiger partial charge in [0.2, 0.25) is 0 Å². The number of aromatic amines is 1. The molecule has 0 fully saturated rings. The number of nitrogens with zero attached hydrogens (tertiary/aromatic N) is 3. The summed E-state index contributed by atoms with van der Waals surface area (Å²) in [6.45, 7) is 7.28. The van der Waals surface area contributed by atoms with E-state index in [9.17, 15) is 4.79 Å². The van der Waals surface area contributed by atoms with E-state index >= 15 is 0 Å². The number of carbonyl (C=O) groups is 1. The van der Waals surface area contributed by atoms with E-state index in [2.05, 4.69) is 15.1 Å². The van der Waals surface area contributed by atoms with E-state index < -0.39 is 0 Å². The maximum absolute atomic E-state index is 12.5. The Hall–Kier alpha value is -1.56. The smallest absolute Gasteiger partial charge is 0.259 e. The number of carbonyl (C=O) groups excluding carboxylic acids is 1. The number of nitrogen functional groups attached to an aromatic ring is 1. The van der Waals surface area contributed by atoms with Crippen LogP contribution < -0.4 is 5.73 Å². The monoisotopic (exact) mass is 253 g/mol. The first-order valence-corrected chi connectivity index (χ1v) is 6.14. The fourth-order valence-electron chi connectivity index (χ4n) is 2.14. The van der Waals surface area contributed by atoms with Crippen molar-refractivity contribution in [2.24, 2.45) is 0 Å². The number of nitrogens with one attached hydrogen (secondary N) is 1. The Morgan fingerprint density at radius 2 is 2.11 bits per heavy atom. The van der Waals surface area contributed by atoms with Gasteiger partial charge in [-0.05, 0) is 34.9 Å². The molecule has 6 nitrogen and oxygen atoms in total. The minimum absolute atomic E-state index is 0.0596. The average molecular weight is 253 g/mol. The third-order valence-electron chi connectivity index (χ3n) is 2.95. The first-order valence-electron chi connectivity index (χ1n) is 6.14. The summed E-state index contributed by atoms with van der Waals surface area (Å²) >= 11 is 0. The zero-order chi connectivity index (χ0) is 13.9. The number of nitrogens with two attached hydrogens (primary N) is 1. The Labute approximate surface area is 108 Å². The van der Waals surface area contributed by atoms with Gasteiger partial charge in [0, 0.05) is 24.8 Å². The van der Waals surface area contributed by atoms with Crippen LogP contribution in [0.5, 0.6) is 0 Å². The molecule has 0 radical (unpaired) electrons. The molecule has 0 spiro atoms. The predicted octanol–water partition coefficient (Wildman–Crippen LogP) is 0.713. The molecule has 0 saturated heterocycles. The molecule has 1 atom stereocenters. The van der Waals surface area contributed by atoms with Gasteiger partial charge in [-0.3, -0.25) is 9.89 Å². The minimum Gasteiger partial charge on any atom is -0.382 e. The van der Waals surface area contributed by atoms with Crippen molar-refractivity contribution in [1.82, 2.24) is 20.0 Å². The zero-order valence-electron chi connectivity index (χ0n) is 11.8. The van der Waals surface area contributed by atoms with E-state index in [1.54, 1.807) is 6.92 Å². The summed E-state index contributed by atoms with van der Waals surface area (Å²) in [7, 11) is 3.98. The lowest BCUT2D eigenvalue weighted by Gasteiger charge is -2.30. The van der Waals surface area contributed by atoms with Gasteiger partial charge in [0.15, 0.2) is 5.82 Å². The molecule has 0 aliphatic rings. The third kappa shape index (κ3) is 3.01. The summed E-state index contributed by atoms with van der Waals surface area (Å²) in [5, 5.41) is 6.61. The number of likely N-dealkylation sites (N-methyl/N-ethyl adjacent to an activating group) is 2.